The number of carboxylic acids is 1. The van der Waals surface area contributed by atoms with Crippen molar-refractivity contribution in [3.05, 3.63) is 39.7 Å². The van der Waals surface area contributed by atoms with Crippen molar-refractivity contribution in [2.45, 2.75) is 25.3 Å². The molecule has 1 aliphatic carbocycles. The minimum Gasteiger partial charge on any atom is -0.477 e. The number of halogens is 2. The predicted molar refractivity (Wildman–Crippen MR) is 107 cm³/mol. The Morgan fingerprint density at radius 1 is 1.40 bits per heavy atom. The normalized spacial score (nSPS) is 20.7. The number of aromatic nitrogens is 1. The van der Waals surface area contributed by atoms with Crippen molar-refractivity contribution >= 4 is 28.3 Å². The van der Waals surface area contributed by atoms with Crippen LogP contribution >= 0.6 is 0 Å². The second-order valence-corrected chi connectivity index (χ2v) is 7.63. The van der Waals surface area contributed by atoms with E-state index < -0.39 is 28.6 Å². The average Bonchev–Trinajstić information content (AvgIpc) is 3.54. The van der Waals surface area contributed by atoms with E-state index in [2.05, 4.69) is 5.16 Å². The van der Waals surface area contributed by atoms with Crippen molar-refractivity contribution in [1.29, 1.82) is 0 Å². The van der Waals surface area contributed by atoms with E-state index in [9.17, 15) is 14.7 Å². The van der Waals surface area contributed by atoms with Gasteiger partial charge in [0.15, 0.2) is 5.82 Å². The molecule has 160 valence electrons. The number of oxime groups is 1. The van der Waals surface area contributed by atoms with Crippen LogP contribution in [0.1, 0.15) is 35.7 Å². The van der Waals surface area contributed by atoms with Gasteiger partial charge in [-0.05, 0) is 18.9 Å². The van der Waals surface area contributed by atoms with Crippen LogP contribution in [-0.4, -0.2) is 48.1 Å². The fraction of sp³-hybridized carbons (Fsp3) is 0.450. The Balaban J connectivity index is 1.88. The van der Waals surface area contributed by atoms with Crippen molar-refractivity contribution < 1.29 is 23.5 Å². The quantitative estimate of drug-likeness (QED) is 0.717. The van der Waals surface area contributed by atoms with Crippen LogP contribution < -0.4 is 16.1 Å². The van der Waals surface area contributed by atoms with Gasteiger partial charge in [0.2, 0.25) is 5.43 Å². The highest BCUT2D eigenvalue weighted by Gasteiger charge is 2.33. The van der Waals surface area contributed by atoms with Crippen LogP contribution in [0, 0.1) is 17.6 Å². The SMILES string of the molecule is CO/N=C1\CCN(c2c(F)cc3c(=O)c(C(=O)O)cn(C4CC4)c3c2F)CC1CN. The first kappa shape index (κ1) is 20.3. The Morgan fingerprint density at radius 2 is 2.13 bits per heavy atom. The lowest BCUT2D eigenvalue weighted by Crippen LogP contribution is -2.44. The number of nitrogens with zero attached hydrogens (tertiary/aromatic N) is 3. The molecule has 1 aromatic carbocycles. The summed E-state index contributed by atoms with van der Waals surface area (Å²) in [5.41, 5.74) is 4.85. The maximum Gasteiger partial charge on any atom is 0.341 e. The summed E-state index contributed by atoms with van der Waals surface area (Å²) in [6, 6.07) is 0.829. The molecule has 0 bridgehead atoms. The number of carboxylic acid groups (broad SMARTS) is 1. The van der Waals surface area contributed by atoms with Gasteiger partial charge in [0.1, 0.15) is 24.2 Å². The highest BCUT2D eigenvalue weighted by atomic mass is 19.1. The van der Waals surface area contributed by atoms with E-state index in [1.54, 1.807) is 4.90 Å². The monoisotopic (exact) mass is 420 g/mol. The van der Waals surface area contributed by atoms with Gasteiger partial charge >= 0.3 is 5.97 Å². The molecule has 1 unspecified atom stereocenters. The first-order chi connectivity index (χ1) is 14.4. The summed E-state index contributed by atoms with van der Waals surface area (Å²) >= 11 is 0. The number of hydrogen-bond acceptors (Lipinski definition) is 6. The largest absolute Gasteiger partial charge is 0.477 e. The minimum atomic E-state index is -1.42. The molecule has 30 heavy (non-hydrogen) atoms. The molecular formula is C20H22F2N4O4. The van der Waals surface area contributed by atoms with E-state index in [1.807, 2.05) is 0 Å². The first-order valence-electron chi connectivity index (χ1n) is 9.72. The number of aromatic carboxylic acids is 1. The Kier molecular flexibility index (Phi) is 5.19. The second-order valence-electron chi connectivity index (χ2n) is 7.63. The summed E-state index contributed by atoms with van der Waals surface area (Å²) in [5, 5.41) is 13.0. The van der Waals surface area contributed by atoms with Crippen molar-refractivity contribution in [2.75, 3.05) is 31.6 Å². The number of nitrogens with two attached hydrogens (primary N) is 1. The number of benzene rings is 1. The molecule has 2 fully saturated rings. The first-order valence-corrected chi connectivity index (χ1v) is 9.72. The van der Waals surface area contributed by atoms with E-state index in [1.165, 1.54) is 11.7 Å². The fourth-order valence-corrected chi connectivity index (χ4v) is 4.08. The van der Waals surface area contributed by atoms with Gasteiger partial charge in [-0.2, -0.15) is 0 Å². The number of pyridine rings is 1. The van der Waals surface area contributed by atoms with Gasteiger partial charge in [-0.3, -0.25) is 4.79 Å². The van der Waals surface area contributed by atoms with Crippen LogP contribution in [0.4, 0.5) is 14.5 Å². The lowest BCUT2D eigenvalue weighted by Gasteiger charge is -2.35. The summed E-state index contributed by atoms with van der Waals surface area (Å²) in [4.78, 5) is 30.4. The van der Waals surface area contributed by atoms with Gasteiger partial charge < -0.3 is 25.1 Å². The fourth-order valence-electron chi connectivity index (χ4n) is 4.08. The topological polar surface area (TPSA) is 110 Å². The number of hydrogen-bond donors (Lipinski definition) is 2. The van der Waals surface area contributed by atoms with Crippen LogP contribution in [0.2, 0.25) is 0 Å². The Bertz CT molecular complexity index is 1110. The maximum atomic E-state index is 15.7. The average molecular weight is 420 g/mol. The molecule has 1 atom stereocenters. The van der Waals surface area contributed by atoms with Crippen molar-refractivity contribution in [3.8, 4) is 0 Å². The molecule has 0 amide bonds. The molecular weight excluding hydrogens is 398 g/mol. The van der Waals surface area contributed by atoms with Gasteiger partial charge in [-0.15, -0.1) is 0 Å². The van der Waals surface area contributed by atoms with Gasteiger partial charge in [0.05, 0.1) is 16.6 Å². The molecule has 2 aliphatic rings. The third kappa shape index (κ3) is 3.30. The predicted octanol–water partition coefficient (Wildman–Crippen LogP) is 2.10. The Morgan fingerprint density at radius 3 is 2.73 bits per heavy atom. The molecule has 0 spiro atoms. The zero-order valence-electron chi connectivity index (χ0n) is 16.4. The van der Waals surface area contributed by atoms with Crippen molar-refractivity contribution in [3.63, 3.8) is 0 Å². The molecule has 2 heterocycles. The van der Waals surface area contributed by atoms with Gasteiger partial charge in [0.25, 0.3) is 0 Å². The van der Waals surface area contributed by atoms with Crippen molar-refractivity contribution in [1.82, 2.24) is 4.57 Å². The van der Waals surface area contributed by atoms with Crippen LogP contribution in [-0.2, 0) is 4.84 Å². The molecule has 1 aliphatic heterocycles. The Hall–Kier alpha value is -3.01. The van der Waals surface area contributed by atoms with E-state index in [0.29, 0.717) is 13.0 Å². The smallest absolute Gasteiger partial charge is 0.341 e. The number of anilines is 1. The summed E-state index contributed by atoms with van der Waals surface area (Å²) in [7, 11) is 1.43. The zero-order chi connectivity index (χ0) is 21.6. The second kappa shape index (κ2) is 7.67. The molecule has 1 saturated heterocycles. The minimum absolute atomic E-state index is 0.0652. The van der Waals surface area contributed by atoms with Crippen LogP contribution in [0.15, 0.2) is 22.2 Å². The molecule has 0 radical (unpaired) electrons. The van der Waals surface area contributed by atoms with Gasteiger partial charge in [-0.1, -0.05) is 5.16 Å². The van der Waals surface area contributed by atoms with Crippen LogP contribution in [0.5, 0.6) is 0 Å². The van der Waals surface area contributed by atoms with Crippen molar-refractivity contribution in [2.24, 2.45) is 16.8 Å². The summed E-state index contributed by atoms with van der Waals surface area (Å²) in [5.74, 6) is -3.43. The number of piperidine rings is 1. The van der Waals surface area contributed by atoms with E-state index in [4.69, 9.17) is 10.6 Å². The summed E-state index contributed by atoms with van der Waals surface area (Å²) < 4.78 is 32.2. The standard InChI is InChI=1S/C20H22F2N4O4/c1-30-24-15-4-5-25(8-10(15)7-23)18-14(21)6-12-17(16(18)22)26(11-2-3-11)9-13(19(12)27)20(28)29/h6,9-11H,2-5,7-8,23H2,1H3,(H,28,29)/b24-15+. The van der Waals surface area contributed by atoms with Gasteiger partial charge in [-0.25, -0.2) is 13.6 Å². The van der Waals surface area contributed by atoms with E-state index >= 15 is 8.78 Å². The highest BCUT2D eigenvalue weighted by molar-refractivity contribution is 5.94. The lowest BCUT2D eigenvalue weighted by atomic mass is 9.95. The summed E-state index contributed by atoms with van der Waals surface area (Å²) in [6.07, 6.45) is 3.07. The molecule has 4 rings (SSSR count). The highest BCUT2D eigenvalue weighted by Crippen LogP contribution is 2.40. The third-order valence-corrected chi connectivity index (χ3v) is 5.71. The third-order valence-electron chi connectivity index (χ3n) is 5.71. The van der Waals surface area contributed by atoms with Gasteiger partial charge in [0, 0.05) is 44.2 Å². The molecule has 10 heteroatoms. The lowest BCUT2D eigenvalue weighted by molar-refractivity contribution is 0.0694. The maximum absolute atomic E-state index is 15.7. The van der Waals surface area contributed by atoms with E-state index in [0.717, 1.165) is 30.8 Å². The molecule has 2 aromatic rings. The Labute approximate surface area is 170 Å². The molecule has 1 aromatic heterocycles. The zero-order valence-corrected chi connectivity index (χ0v) is 16.4. The number of carbonyl (C=O) groups is 1. The molecule has 8 nitrogen and oxygen atoms in total. The van der Waals surface area contributed by atoms with E-state index in [-0.39, 0.29) is 41.6 Å². The number of rotatable bonds is 5. The van der Waals surface area contributed by atoms with Crippen LogP contribution in [0.25, 0.3) is 10.9 Å². The summed E-state index contributed by atoms with van der Waals surface area (Å²) in [6.45, 7) is 0.794. The molecule has 3 N–H and O–H groups in total. The van der Waals surface area contributed by atoms with Crippen LogP contribution in [0.3, 0.4) is 0 Å². The molecule has 1 saturated carbocycles. The number of fused-ring (bicyclic) bond motifs is 1.